The fraction of sp³-hybridized carbons (Fsp3) is 0.233. The van der Waals surface area contributed by atoms with Gasteiger partial charge in [-0.1, -0.05) is 42.2 Å². The third kappa shape index (κ3) is 6.79. The minimum absolute atomic E-state index is 0.169. The average Bonchev–Trinajstić information content (AvgIpc) is 3.18. The molecule has 0 radical (unpaired) electrons. The Hall–Kier alpha value is -3.82. The number of carbonyl (C=O) groups is 2. The number of nitrogens with one attached hydrogen (secondary N) is 1. The highest BCUT2D eigenvalue weighted by molar-refractivity contribution is 8.27. The Kier molecular flexibility index (Phi) is 8.93. The number of carbonyl (C=O) groups excluding carboxylic acids is 2. The van der Waals surface area contributed by atoms with Crippen LogP contribution in [0.15, 0.2) is 65.6 Å². The van der Waals surface area contributed by atoms with Gasteiger partial charge < -0.3 is 19.7 Å². The van der Waals surface area contributed by atoms with E-state index >= 15 is 0 Å². The normalized spacial score (nSPS) is 14.1. The Balaban J connectivity index is 1.47. The van der Waals surface area contributed by atoms with E-state index in [1.807, 2.05) is 88.3 Å². The summed E-state index contributed by atoms with van der Waals surface area (Å²) in [5, 5.41) is 2.89. The van der Waals surface area contributed by atoms with Crippen LogP contribution in [-0.2, 0) is 9.59 Å². The summed E-state index contributed by atoms with van der Waals surface area (Å²) in [6.07, 6.45) is 1.78. The maximum Gasteiger partial charge on any atom is 0.270 e. The van der Waals surface area contributed by atoms with Crippen molar-refractivity contribution in [3.63, 3.8) is 0 Å². The van der Waals surface area contributed by atoms with E-state index in [2.05, 4.69) is 5.32 Å². The summed E-state index contributed by atoms with van der Waals surface area (Å²) in [5.74, 6) is 0.487. The molecule has 0 aliphatic carbocycles. The molecular weight excluding hydrogens is 530 g/mol. The minimum atomic E-state index is -0.266. The first-order valence-electron chi connectivity index (χ1n) is 12.5. The van der Waals surface area contributed by atoms with Gasteiger partial charge >= 0.3 is 0 Å². The Labute approximate surface area is 238 Å². The zero-order chi connectivity index (χ0) is 28.1. The van der Waals surface area contributed by atoms with Crippen LogP contribution in [0.5, 0.6) is 11.5 Å². The van der Waals surface area contributed by atoms with Gasteiger partial charge in [-0.15, -0.1) is 0 Å². The molecule has 1 aliphatic heterocycles. The highest BCUT2D eigenvalue weighted by Crippen LogP contribution is 2.37. The van der Waals surface area contributed by atoms with Crippen LogP contribution < -0.4 is 24.6 Å². The number of ether oxygens (including phenoxy) is 2. The van der Waals surface area contributed by atoms with Crippen LogP contribution >= 0.6 is 24.0 Å². The van der Waals surface area contributed by atoms with E-state index in [4.69, 9.17) is 21.7 Å². The molecule has 39 heavy (non-hydrogen) atoms. The number of nitrogens with zero attached hydrogens (tertiary/aromatic N) is 2. The van der Waals surface area contributed by atoms with Crippen molar-refractivity contribution in [1.29, 1.82) is 0 Å². The number of thioether (sulfide) groups is 1. The molecule has 202 valence electrons. The first-order chi connectivity index (χ1) is 18.7. The minimum Gasteiger partial charge on any atom is -0.490 e. The number of anilines is 3. The largest absolute Gasteiger partial charge is 0.490 e. The van der Waals surface area contributed by atoms with Crippen LogP contribution in [0.2, 0.25) is 0 Å². The van der Waals surface area contributed by atoms with Gasteiger partial charge in [0.2, 0.25) is 0 Å². The quantitative estimate of drug-likeness (QED) is 0.247. The van der Waals surface area contributed by atoms with Crippen molar-refractivity contribution in [2.75, 3.05) is 42.4 Å². The zero-order valence-electron chi connectivity index (χ0n) is 22.6. The molecule has 0 atom stereocenters. The maximum atomic E-state index is 13.2. The lowest BCUT2D eigenvalue weighted by molar-refractivity contribution is -0.118. The Morgan fingerprint density at radius 1 is 1.03 bits per heavy atom. The van der Waals surface area contributed by atoms with E-state index in [1.54, 1.807) is 23.1 Å². The summed E-state index contributed by atoms with van der Waals surface area (Å²) in [7, 11) is 3.93. The third-order valence-corrected chi connectivity index (χ3v) is 7.31. The molecule has 1 N–H and O–H groups in total. The molecule has 2 amide bonds. The molecule has 0 saturated carbocycles. The molecule has 1 saturated heterocycles. The Bertz CT molecular complexity index is 1430. The lowest BCUT2D eigenvalue weighted by Gasteiger charge is -2.17. The molecule has 3 aromatic rings. The number of rotatable bonds is 9. The van der Waals surface area contributed by atoms with Crippen molar-refractivity contribution < 1.29 is 19.1 Å². The standard InChI is InChI=1S/C30H31N3O4S2/c1-6-36-26-16-21(9-14-25(26)37-18-28(34)31-24-15-19(2)7-8-20(24)3)17-27-29(35)33(30(38)39-27)23-12-10-22(11-13-23)32(4)5/h7-17H,6,18H2,1-5H3,(H,31,34)/b27-17-. The summed E-state index contributed by atoms with van der Waals surface area (Å²) in [4.78, 5) is 29.8. The predicted molar refractivity (Wildman–Crippen MR) is 164 cm³/mol. The van der Waals surface area contributed by atoms with E-state index in [-0.39, 0.29) is 18.4 Å². The van der Waals surface area contributed by atoms with E-state index in [0.29, 0.717) is 27.3 Å². The Morgan fingerprint density at radius 3 is 2.46 bits per heavy atom. The van der Waals surface area contributed by atoms with Gasteiger partial charge in [-0.2, -0.15) is 0 Å². The number of benzene rings is 3. The van der Waals surface area contributed by atoms with Gasteiger partial charge in [0.15, 0.2) is 22.4 Å². The van der Waals surface area contributed by atoms with E-state index < -0.39 is 0 Å². The van der Waals surface area contributed by atoms with Crippen molar-refractivity contribution in [2.24, 2.45) is 0 Å². The van der Waals surface area contributed by atoms with Crippen molar-refractivity contribution in [3.8, 4) is 11.5 Å². The maximum absolute atomic E-state index is 13.2. The fourth-order valence-corrected chi connectivity index (χ4v) is 5.24. The second-order valence-corrected chi connectivity index (χ2v) is 10.9. The number of thiocarbonyl (C=S) groups is 1. The lowest BCUT2D eigenvalue weighted by atomic mass is 10.1. The van der Waals surface area contributed by atoms with Crippen LogP contribution in [0.1, 0.15) is 23.6 Å². The second kappa shape index (κ2) is 12.4. The van der Waals surface area contributed by atoms with Crippen LogP contribution in [0, 0.1) is 13.8 Å². The summed E-state index contributed by atoms with van der Waals surface area (Å²) in [6, 6.07) is 18.9. The SMILES string of the molecule is CCOc1cc(/C=C2\SC(=S)N(c3ccc(N(C)C)cc3)C2=O)ccc1OCC(=O)Nc1cc(C)ccc1C. The van der Waals surface area contributed by atoms with Gasteiger partial charge in [-0.05, 0) is 86.0 Å². The smallest absolute Gasteiger partial charge is 0.270 e. The molecule has 0 unspecified atom stereocenters. The molecular formula is C30H31N3O4S2. The van der Waals surface area contributed by atoms with Gasteiger partial charge in [-0.25, -0.2) is 0 Å². The fourth-order valence-electron chi connectivity index (χ4n) is 3.94. The summed E-state index contributed by atoms with van der Waals surface area (Å²) < 4.78 is 12.1. The highest BCUT2D eigenvalue weighted by atomic mass is 32.2. The molecule has 4 rings (SSSR count). The number of aryl methyl sites for hydroxylation is 2. The molecule has 1 fully saturated rings. The van der Waals surface area contributed by atoms with Crippen LogP contribution in [-0.4, -0.2) is 43.4 Å². The first-order valence-corrected chi connectivity index (χ1v) is 13.7. The van der Waals surface area contributed by atoms with Crippen LogP contribution in [0.3, 0.4) is 0 Å². The molecule has 9 heteroatoms. The van der Waals surface area contributed by atoms with E-state index in [9.17, 15) is 9.59 Å². The zero-order valence-corrected chi connectivity index (χ0v) is 24.2. The van der Waals surface area contributed by atoms with Gasteiger partial charge in [0, 0.05) is 25.5 Å². The Morgan fingerprint density at radius 2 is 1.77 bits per heavy atom. The first kappa shape index (κ1) is 28.2. The number of hydrogen-bond acceptors (Lipinski definition) is 7. The summed E-state index contributed by atoms with van der Waals surface area (Å²) in [6.45, 7) is 6.03. The van der Waals surface area contributed by atoms with Crippen molar-refractivity contribution in [2.45, 2.75) is 20.8 Å². The second-order valence-electron chi connectivity index (χ2n) is 9.22. The van der Waals surface area contributed by atoms with Crippen LogP contribution in [0.4, 0.5) is 17.1 Å². The van der Waals surface area contributed by atoms with Crippen molar-refractivity contribution >= 4 is 63.3 Å². The molecule has 0 aromatic heterocycles. The number of hydrogen-bond donors (Lipinski definition) is 1. The lowest BCUT2D eigenvalue weighted by Crippen LogP contribution is -2.27. The topological polar surface area (TPSA) is 71.1 Å². The monoisotopic (exact) mass is 561 g/mol. The van der Waals surface area contributed by atoms with Crippen molar-refractivity contribution in [3.05, 3.63) is 82.3 Å². The molecule has 1 heterocycles. The summed E-state index contributed by atoms with van der Waals surface area (Å²) >= 11 is 6.78. The van der Waals surface area contributed by atoms with Crippen molar-refractivity contribution in [1.82, 2.24) is 0 Å². The molecule has 0 bridgehead atoms. The molecule has 0 spiro atoms. The van der Waals surface area contributed by atoms with E-state index in [0.717, 1.165) is 33.8 Å². The third-order valence-electron chi connectivity index (χ3n) is 6.01. The summed E-state index contributed by atoms with van der Waals surface area (Å²) in [5.41, 5.74) is 5.32. The highest BCUT2D eigenvalue weighted by Gasteiger charge is 2.33. The van der Waals surface area contributed by atoms with Gasteiger partial charge in [0.05, 0.1) is 17.2 Å². The molecule has 3 aromatic carbocycles. The van der Waals surface area contributed by atoms with Gasteiger partial charge in [-0.3, -0.25) is 14.5 Å². The van der Waals surface area contributed by atoms with E-state index in [1.165, 1.54) is 11.8 Å². The van der Waals surface area contributed by atoms with Gasteiger partial charge in [0.1, 0.15) is 0 Å². The molecule has 7 nitrogen and oxygen atoms in total. The van der Waals surface area contributed by atoms with Crippen LogP contribution in [0.25, 0.3) is 6.08 Å². The average molecular weight is 562 g/mol. The number of amides is 2. The molecule has 1 aliphatic rings. The predicted octanol–water partition coefficient (Wildman–Crippen LogP) is 6.19. The van der Waals surface area contributed by atoms with Gasteiger partial charge in [0.25, 0.3) is 11.8 Å².